The number of ether oxygens (including phenoxy) is 1. The maximum absolute atomic E-state index is 5.98. The largest absolute Gasteiger partial charge is 0.374 e. The number of imidazole rings is 1. The summed E-state index contributed by atoms with van der Waals surface area (Å²) in [5.74, 6) is 0.885. The first-order chi connectivity index (χ1) is 11.3. The van der Waals surface area contributed by atoms with Crippen LogP contribution in [0.5, 0.6) is 0 Å². The first-order valence-corrected chi connectivity index (χ1v) is 8.71. The summed E-state index contributed by atoms with van der Waals surface area (Å²) >= 11 is 0. The van der Waals surface area contributed by atoms with Gasteiger partial charge in [-0.2, -0.15) is 0 Å². The molecule has 23 heavy (non-hydrogen) atoms. The number of aromatic nitrogens is 2. The molecular formula is C18H26N4O. The van der Waals surface area contributed by atoms with Gasteiger partial charge in [-0.1, -0.05) is 6.07 Å². The summed E-state index contributed by atoms with van der Waals surface area (Å²) in [6.45, 7) is 6.09. The van der Waals surface area contributed by atoms with Crippen molar-refractivity contribution in [2.24, 2.45) is 5.92 Å². The van der Waals surface area contributed by atoms with Gasteiger partial charge in [0.15, 0.2) is 0 Å². The van der Waals surface area contributed by atoms with Gasteiger partial charge in [-0.05, 0) is 37.9 Å². The number of hydrogen-bond donors (Lipinski definition) is 0. The second-order valence-corrected chi connectivity index (χ2v) is 7.07. The molecule has 124 valence electrons. The zero-order valence-electron chi connectivity index (χ0n) is 13.9. The highest BCUT2D eigenvalue weighted by molar-refractivity contribution is 5.39. The molecule has 0 amide bonds. The number of likely N-dealkylation sites (N-methyl/N-ethyl adjacent to an activating group) is 1. The summed E-state index contributed by atoms with van der Waals surface area (Å²) in [5, 5.41) is 0. The molecular weight excluding hydrogens is 288 g/mol. The molecule has 1 unspecified atom stereocenters. The molecule has 5 nitrogen and oxygen atoms in total. The number of rotatable bonds is 6. The van der Waals surface area contributed by atoms with Crippen LogP contribution in [0, 0.1) is 5.92 Å². The van der Waals surface area contributed by atoms with Crippen molar-refractivity contribution in [1.82, 2.24) is 19.2 Å². The van der Waals surface area contributed by atoms with E-state index >= 15 is 0 Å². The molecule has 1 atom stereocenters. The molecule has 0 radical (unpaired) electrons. The first kappa shape index (κ1) is 15.1. The molecule has 1 saturated carbocycles. The summed E-state index contributed by atoms with van der Waals surface area (Å²) in [5.41, 5.74) is 2.30. The van der Waals surface area contributed by atoms with Crippen LogP contribution in [0.15, 0.2) is 30.6 Å². The Labute approximate surface area is 137 Å². The lowest BCUT2D eigenvalue weighted by Crippen LogP contribution is -2.46. The summed E-state index contributed by atoms with van der Waals surface area (Å²) < 4.78 is 8.18. The Kier molecular flexibility index (Phi) is 4.33. The smallest absolute Gasteiger partial charge is 0.136 e. The Morgan fingerprint density at radius 2 is 2.22 bits per heavy atom. The van der Waals surface area contributed by atoms with Gasteiger partial charge in [0.05, 0.1) is 24.6 Å². The molecule has 4 rings (SSSR count). The minimum absolute atomic E-state index is 0.326. The fraction of sp³-hybridized carbons (Fsp3) is 0.611. The monoisotopic (exact) mass is 314 g/mol. The average molecular weight is 314 g/mol. The normalized spacial score (nSPS) is 23.0. The van der Waals surface area contributed by atoms with E-state index in [1.165, 1.54) is 25.1 Å². The standard InChI is InChI=1S/C18H26N4O/c1-20-8-9-23-17(13-20)14-21(11-15-5-6-15)12-16-10-19-18-4-2-3-7-22(16)18/h2-4,7,10,15,17H,5-6,8-9,11-14H2,1H3. The van der Waals surface area contributed by atoms with Crippen LogP contribution in [0.25, 0.3) is 5.65 Å². The second kappa shape index (κ2) is 6.59. The third-order valence-electron chi connectivity index (χ3n) is 4.90. The SMILES string of the molecule is CN1CCOC(CN(Cc2cnc3ccccn23)CC2CC2)C1. The van der Waals surface area contributed by atoms with Crippen LogP contribution in [0.1, 0.15) is 18.5 Å². The van der Waals surface area contributed by atoms with Crippen molar-refractivity contribution >= 4 is 5.65 Å². The predicted molar refractivity (Wildman–Crippen MR) is 90.4 cm³/mol. The Bertz CT molecular complexity index is 651. The van der Waals surface area contributed by atoms with E-state index in [0.29, 0.717) is 6.10 Å². The quantitative estimate of drug-likeness (QED) is 0.815. The summed E-state index contributed by atoms with van der Waals surface area (Å²) in [4.78, 5) is 9.46. The van der Waals surface area contributed by atoms with Crippen LogP contribution < -0.4 is 0 Å². The van der Waals surface area contributed by atoms with Crippen LogP contribution in [0.3, 0.4) is 0 Å². The molecule has 0 aromatic carbocycles. The van der Waals surface area contributed by atoms with E-state index in [1.807, 2.05) is 12.3 Å². The van der Waals surface area contributed by atoms with Crippen molar-refractivity contribution in [3.63, 3.8) is 0 Å². The number of fused-ring (bicyclic) bond motifs is 1. The zero-order valence-corrected chi connectivity index (χ0v) is 13.9. The molecule has 0 N–H and O–H groups in total. The molecule has 1 saturated heterocycles. The molecule has 2 aromatic rings. The minimum Gasteiger partial charge on any atom is -0.374 e. The van der Waals surface area contributed by atoms with Crippen molar-refractivity contribution in [2.45, 2.75) is 25.5 Å². The number of hydrogen-bond acceptors (Lipinski definition) is 4. The molecule has 2 fully saturated rings. The van der Waals surface area contributed by atoms with Crippen LogP contribution in [-0.2, 0) is 11.3 Å². The topological polar surface area (TPSA) is 33.0 Å². The van der Waals surface area contributed by atoms with Gasteiger partial charge >= 0.3 is 0 Å². The Morgan fingerprint density at radius 1 is 1.30 bits per heavy atom. The van der Waals surface area contributed by atoms with Crippen molar-refractivity contribution in [2.75, 3.05) is 39.8 Å². The number of pyridine rings is 1. The van der Waals surface area contributed by atoms with Gasteiger partial charge in [0.25, 0.3) is 0 Å². The van der Waals surface area contributed by atoms with E-state index in [0.717, 1.165) is 44.4 Å². The molecule has 2 aliphatic rings. The lowest BCUT2D eigenvalue weighted by atomic mass is 10.2. The Morgan fingerprint density at radius 3 is 3.04 bits per heavy atom. The van der Waals surface area contributed by atoms with E-state index in [1.54, 1.807) is 0 Å². The third kappa shape index (κ3) is 3.74. The van der Waals surface area contributed by atoms with E-state index in [4.69, 9.17) is 4.74 Å². The molecule has 1 aliphatic heterocycles. The van der Waals surface area contributed by atoms with Gasteiger partial charge in [-0.3, -0.25) is 4.90 Å². The van der Waals surface area contributed by atoms with Gasteiger partial charge in [0.2, 0.25) is 0 Å². The van der Waals surface area contributed by atoms with E-state index < -0.39 is 0 Å². The lowest BCUT2D eigenvalue weighted by Gasteiger charge is -2.34. The van der Waals surface area contributed by atoms with E-state index in [2.05, 4.69) is 44.6 Å². The Hall–Kier alpha value is -1.43. The van der Waals surface area contributed by atoms with Crippen molar-refractivity contribution < 1.29 is 4.74 Å². The highest BCUT2D eigenvalue weighted by Crippen LogP contribution is 2.30. The lowest BCUT2D eigenvalue weighted by molar-refractivity contribution is -0.0374. The fourth-order valence-electron chi connectivity index (χ4n) is 3.47. The van der Waals surface area contributed by atoms with Crippen LogP contribution in [0.4, 0.5) is 0 Å². The minimum atomic E-state index is 0.326. The third-order valence-corrected chi connectivity index (χ3v) is 4.90. The molecule has 1 aliphatic carbocycles. The van der Waals surface area contributed by atoms with Crippen molar-refractivity contribution in [3.8, 4) is 0 Å². The average Bonchev–Trinajstić information content (AvgIpc) is 3.27. The van der Waals surface area contributed by atoms with Gasteiger partial charge in [-0.25, -0.2) is 4.98 Å². The van der Waals surface area contributed by atoms with Gasteiger partial charge in [-0.15, -0.1) is 0 Å². The maximum atomic E-state index is 5.98. The number of nitrogens with zero attached hydrogens (tertiary/aromatic N) is 4. The maximum Gasteiger partial charge on any atom is 0.136 e. The highest BCUT2D eigenvalue weighted by atomic mass is 16.5. The molecule has 0 bridgehead atoms. The van der Waals surface area contributed by atoms with Crippen LogP contribution >= 0.6 is 0 Å². The predicted octanol–water partition coefficient (Wildman–Crippen LogP) is 1.88. The summed E-state index contributed by atoms with van der Waals surface area (Å²) in [7, 11) is 2.19. The van der Waals surface area contributed by atoms with Gasteiger partial charge in [0.1, 0.15) is 5.65 Å². The fourth-order valence-corrected chi connectivity index (χ4v) is 3.47. The molecule has 3 heterocycles. The van der Waals surface area contributed by atoms with Gasteiger partial charge in [0, 0.05) is 38.9 Å². The van der Waals surface area contributed by atoms with E-state index in [-0.39, 0.29) is 0 Å². The summed E-state index contributed by atoms with van der Waals surface area (Å²) in [6, 6.07) is 6.18. The van der Waals surface area contributed by atoms with Gasteiger partial charge < -0.3 is 14.0 Å². The molecule has 0 spiro atoms. The Balaban J connectivity index is 1.46. The number of morpholine rings is 1. The van der Waals surface area contributed by atoms with Crippen molar-refractivity contribution in [1.29, 1.82) is 0 Å². The van der Waals surface area contributed by atoms with Crippen LogP contribution in [0.2, 0.25) is 0 Å². The van der Waals surface area contributed by atoms with E-state index in [9.17, 15) is 0 Å². The molecule has 5 heteroatoms. The highest BCUT2D eigenvalue weighted by Gasteiger charge is 2.27. The second-order valence-electron chi connectivity index (χ2n) is 7.07. The van der Waals surface area contributed by atoms with Crippen molar-refractivity contribution in [3.05, 3.63) is 36.3 Å². The first-order valence-electron chi connectivity index (χ1n) is 8.71. The van der Waals surface area contributed by atoms with Crippen LogP contribution in [-0.4, -0.2) is 65.1 Å². The summed E-state index contributed by atoms with van der Waals surface area (Å²) in [6.07, 6.45) is 7.22. The zero-order chi connectivity index (χ0) is 15.6. The molecule has 2 aromatic heterocycles.